The quantitative estimate of drug-likeness (QED) is 0.600. The van der Waals surface area contributed by atoms with Crippen molar-refractivity contribution < 1.29 is 0 Å². The number of nitriles is 1. The van der Waals surface area contributed by atoms with E-state index in [9.17, 15) is 0 Å². The first-order valence-corrected chi connectivity index (χ1v) is 5.21. The van der Waals surface area contributed by atoms with Crippen LogP contribution in [-0.4, -0.2) is 4.98 Å². The molecule has 0 atom stereocenters. The van der Waals surface area contributed by atoms with Crippen LogP contribution >= 0.6 is 0 Å². The van der Waals surface area contributed by atoms with Crippen molar-refractivity contribution >= 4 is 21.8 Å². The zero-order valence-electron chi connectivity index (χ0n) is 8.91. The van der Waals surface area contributed by atoms with Gasteiger partial charge in [0.05, 0.1) is 11.6 Å². The number of aromatic nitrogens is 1. The molecule has 2 nitrogen and oxygen atoms in total. The predicted molar refractivity (Wildman–Crippen MR) is 65.3 cm³/mol. The first-order valence-electron chi connectivity index (χ1n) is 5.21. The van der Waals surface area contributed by atoms with Gasteiger partial charge in [-0.15, -0.1) is 0 Å². The van der Waals surface area contributed by atoms with Gasteiger partial charge in [-0.05, 0) is 30.7 Å². The number of fused-ring (bicyclic) bond motifs is 3. The van der Waals surface area contributed by atoms with E-state index in [1.165, 1.54) is 10.8 Å². The van der Waals surface area contributed by atoms with Crippen LogP contribution in [0.4, 0.5) is 0 Å². The van der Waals surface area contributed by atoms with E-state index in [1.807, 2.05) is 31.2 Å². The molecule has 0 fully saturated rings. The lowest BCUT2D eigenvalue weighted by Crippen LogP contribution is -1.79. The number of hydrogen-bond acceptors (Lipinski definition) is 1. The van der Waals surface area contributed by atoms with Crippen molar-refractivity contribution in [3.63, 3.8) is 0 Å². The summed E-state index contributed by atoms with van der Waals surface area (Å²) >= 11 is 0. The first kappa shape index (κ1) is 8.99. The normalized spacial score (nSPS) is 10.8. The molecule has 0 bridgehead atoms. The molecule has 1 aromatic heterocycles. The minimum absolute atomic E-state index is 0.705. The molecule has 2 heteroatoms. The van der Waals surface area contributed by atoms with Gasteiger partial charge in [0.2, 0.25) is 0 Å². The third-order valence-corrected chi connectivity index (χ3v) is 2.93. The van der Waals surface area contributed by atoms with E-state index >= 15 is 0 Å². The van der Waals surface area contributed by atoms with Crippen LogP contribution < -0.4 is 0 Å². The third-order valence-electron chi connectivity index (χ3n) is 2.93. The molecule has 0 aliphatic heterocycles. The van der Waals surface area contributed by atoms with Crippen molar-refractivity contribution in [1.82, 2.24) is 4.98 Å². The Hall–Kier alpha value is -2.27. The molecule has 0 aliphatic rings. The van der Waals surface area contributed by atoms with Crippen LogP contribution in [0.15, 0.2) is 36.4 Å². The van der Waals surface area contributed by atoms with Gasteiger partial charge in [-0.25, -0.2) is 0 Å². The number of nitrogens with zero attached hydrogens (tertiary/aromatic N) is 1. The molecule has 0 radical (unpaired) electrons. The molecule has 0 spiro atoms. The van der Waals surface area contributed by atoms with E-state index in [-0.39, 0.29) is 0 Å². The van der Waals surface area contributed by atoms with Crippen LogP contribution in [-0.2, 0) is 0 Å². The second-order valence-corrected chi connectivity index (χ2v) is 4.00. The van der Waals surface area contributed by atoms with Gasteiger partial charge in [-0.1, -0.05) is 18.2 Å². The average Bonchev–Trinajstić information content (AvgIpc) is 2.67. The largest absolute Gasteiger partial charge is 0.354 e. The molecule has 3 rings (SSSR count). The number of aromatic amines is 1. The molecule has 1 N–H and O–H groups in total. The molecule has 0 aliphatic carbocycles. The number of hydrogen-bond donors (Lipinski definition) is 1. The molecule has 76 valence electrons. The lowest BCUT2D eigenvalue weighted by Gasteiger charge is -1.97. The standard InChI is InChI=1S/C14H10N2/c1-9-6-10(8-15)7-13-14(9)11-4-2-3-5-12(11)16-13/h2-7,16H,1H3. The second-order valence-electron chi connectivity index (χ2n) is 4.00. The Balaban J connectivity index is 2.56. The van der Waals surface area contributed by atoms with Gasteiger partial charge in [0.1, 0.15) is 0 Å². The zero-order valence-corrected chi connectivity index (χ0v) is 8.91. The van der Waals surface area contributed by atoms with Crippen molar-refractivity contribution in [3.05, 3.63) is 47.5 Å². The van der Waals surface area contributed by atoms with Gasteiger partial charge >= 0.3 is 0 Å². The molecular weight excluding hydrogens is 196 g/mol. The summed E-state index contributed by atoms with van der Waals surface area (Å²) in [7, 11) is 0. The fraction of sp³-hybridized carbons (Fsp3) is 0.0714. The van der Waals surface area contributed by atoms with Crippen LogP contribution in [0.25, 0.3) is 21.8 Å². The monoisotopic (exact) mass is 206 g/mol. The Morgan fingerprint density at radius 3 is 2.75 bits per heavy atom. The Bertz CT molecular complexity index is 729. The molecule has 16 heavy (non-hydrogen) atoms. The number of H-pyrrole nitrogens is 1. The van der Waals surface area contributed by atoms with Crippen molar-refractivity contribution in [2.75, 3.05) is 0 Å². The van der Waals surface area contributed by atoms with Gasteiger partial charge in [-0.2, -0.15) is 5.26 Å². The zero-order chi connectivity index (χ0) is 11.1. The summed E-state index contributed by atoms with van der Waals surface area (Å²) in [4.78, 5) is 3.34. The molecule has 0 unspecified atom stereocenters. The van der Waals surface area contributed by atoms with Crippen molar-refractivity contribution in [2.24, 2.45) is 0 Å². The van der Waals surface area contributed by atoms with Crippen LogP contribution in [0.3, 0.4) is 0 Å². The molecule has 0 saturated carbocycles. The van der Waals surface area contributed by atoms with Gasteiger partial charge in [0.25, 0.3) is 0 Å². The van der Waals surface area contributed by atoms with Crippen molar-refractivity contribution in [1.29, 1.82) is 5.26 Å². The number of nitrogens with one attached hydrogen (secondary N) is 1. The van der Waals surface area contributed by atoms with Crippen molar-refractivity contribution in [3.8, 4) is 6.07 Å². The maximum Gasteiger partial charge on any atom is 0.0992 e. The van der Waals surface area contributed by atoms with Crippen LogP contribution in [0.1, 0.15) is 11.1 Å². The topological polar surface area (TPSA) is 39.6 Å². The van der Waals surface area contributed by atoms with Gasteiger partial charge in [-0.3, -0.25) is 0 Å². The number of para-hydroxylation sites is 1. The maximum atomic E-state index is 8.93. The van der Waals surface area contributed by atoms with Gasteiger partial charge in [0, 0.05) is 21.8 Å². The Morgan fingerprint density at radius 2 is 1.94 bits per heavy atom. The van der Waals surface area contributed by atoms with E-state index in [1.54, 1.807) is 0 Å². The predicted octanol–water partition coefficient (Wildman–Crippen LogP) is 3.50. The van der Waals surface area contributed by atoms with E-state index in [0.29, 0.717) is 5.56 Å². The van der Waals surface area contributed by atoms with Crippen LogP contribution in [0.2, 0.25) is 0 Å². The fourth-order valence-electron chi connectivity index (χ4n) is 2.26. The lowest BCUT2D eigenvalue weighted by atomic mass is 10.0. The molecule has 0 amide bonds. The SMILES string of the molecule is Cc1cc(C#N)cc2[nH]c3ccccc3c12. The Morgan fingerprint density at radius 1 is 1.12 bits per heavy atom. The third kappa shape index (κ3) is 1.12. The fourth-order valence-corrected chi connectivity index (χ4v) is 2.26. The molecule has 2 aromatic carbocycles. The van der Waals surface area contributed by atoms with E-state index < -0.39 is 0 Å². The average molecular weight is 206 g/mol. The highest BCUT2D eigenvalue weighted by molar-refractivity contribution is 6.09. The highest BCUT2D eigenvalue weighted by atomic mass is 14.7. The van der Waals surface area contributed by atoms with E-state index in [2.05, 4.69) is 23.2 Å². The summed E-state index contributed by atoms with van der Waals surface area (Å²) in [5, 5.41) is 11.4. The summed E-state index contributed by atoms with van der Waals surface area (Å²) in [6, 6.07) is 14.2. The summed E-state index contributed by atoms with van der Waals surface area (Å²) in [6.45, 7) is 2.05. The second kappa shape index (κ2) is 3.11. The molecular formula is C14H10N2. The summed E-state index contributed by atoms with van der Waals surface area (Å²) in [5.74, 6) is 0. The van der Waals surface area contributed by atoms with Gasteiger partial charge in [0.15, 0.2) is 0 Å². The van der Waals surface area contributed by atoms with Crippen LogP contribution in [0.5, 0.6) is 0 Å². The van der Waals surface area contributed by atoms with E-state index in [0.717, 1.165) is 16.6 Å². The van der Waals surface area contributed by atoms with E-state index in [4.69, 9.17) is 5.26 Å². The minimum Gasteiger partial charge on any atom is -0.354 e. The molecule has 3 aromatic rings. The van der Waals surface area contributed by atoms with Crippen molar-refractivity contribution in [2.45, 2.75) is 6.92 Å². The Kier molecular flexibility index (Phi) is 1.75. The van der Waals surface area contributed by atoms with Gasteiger partial charge < -0.3 is 4.98 Å². The Labute approximate surface area is 93.1 Å². The highest BCUT2D eigenvalue weighted by Crippen LogP contribution is 2.28. The molecule has 0 saturated heterocycles. The lowest BCUT2D eigenvalue weighted by molar-refractivity contribution is 1.45. The maximum absolute atomic E-state index is 8.93. The highest BCUT2D eigenvalue weighted by Gasteiger charge is 2.07. The summed E-state index contributed by atoms with van der Waals surface area (Å²) in [5.41, 5.74) is 4.01. The number of benzene rings is 2. The summed E-state index contributed by atoms with van der Waals surface area (Å²) in [6.07, 6.45) is 0. The molecule has 1 heterocycles. The van der Waals surface area contributed by atoms with Crippen LogP contribution in [0, 0.1) is 18.3 Å². The first-order chi connectivity index (χ1) is 7.79. The minimum atomic E-state index is 0.705. The number of rotatable bonds is 0. The number of aryl methyl sites for hydroxylation is 1. The smallest absolute Gasteiger partial charge is 0.0992 e. The summed E-state index contributed by atoms with van der Waals surface area (Å²) < 4.78 is 0.